The average Bonchev–Trinajstić information content (AvgIpc) is 2.88. The van der Waals surface area contributed by atoms with Gasteiger partial charge in [0.1, 0.15) is 16.9 Å². The molecule has 4 rings (SSSR count). The van der Waals surface area contributed by atoms with Gasteiger partial charge in [0.25, 0.3) is 20.2 Å². The second-order valence-corrected chi connectivity index (χ2v) is 14.0. The van der Waals surface area contributed by atoms with Crippen LogP contribution in [0.4, 0.5) is 0 Å². The minimum absolute atomic E-state index is 0.216. The lowest BCUT2D eigenvalue weighted by molar-refractivity contribution is -0.130. The van der Waals surface area contributed by atoms with Crippen LogP contribution < -0.4 is 0 Å². The average molecular weight is 619 g/mol. The molecular weight excluding hydrogens is 592 g/mol. The van der Waals surface area contributed by atoms with E-state index >= 15 is 0 Å². The molecule has 0 saturated heterocycles. The fourth-order valence-corrected chi connectivity index (χ4v) is 6.94. The molecule has 1 unspecified atom stereocenters. The van der Waals surface area contributed by atoms with Crippen LogP contribution >= 0.6 is 0 Å². The number of hydrogen-bond donors (Lipinski definition) is 0. The van der Waals surface area contributed by atoms with E-state index in [0.29, 0.717) is 6.08 Å². The van der Waals surface area contributed by atoms with Crippen molar-refractivity contribution in [2.75, 3.05) is 0 Å². The highest BCUT2D eigenvalue weighted by Gasteiger charge is 2.49. The van der Waals surface area contributed by atoms with Crippen LogP contribution in [-0.2, 0) is 47.7 Å². The van der Waals surface area contributed by atoms with Gasteiger partial charge >= 0.3 is 10.1 Å². The summed E-state index contributed by atoms with van der Waals surface area (Å²) in [6, 6.07) is 16.6. The molecule has 13 heteroatoms. The summed E-state index contributed by atoms with van der Waals surface area (Å²) in [4.78, 5) is 11.2. The van der Waals surface area contributed by atoms with Gasteiger partial charge in [-0.25, -0.2) is 8.37 Å². The number of hydrogen-bond acceptors (Lipinski definition) is 10. The normalized spacial score (nSPS) is 17.0. The van der Waals surface area contributed by atoms with Gasteiger partial charge in [0, 0.05) is 6.08 Å². The van der Waals surface area contributed by atoms with Crippen molar-refractivity contribution in [3.05, 3.63) is 113 Å². The van der Waals surface area contributed by atoms with Crippen molar-refractivity contribution in [3.63, 3.8) is 0 Å². The topological polar surface area (TPSA) is 147 Å². The summed E-state index contributed by atoms with van der Waals surface area (Å²) in [7, 11) is -14.1. The van der Waals surface area contributed by atoms with E-state index < -0.39 is 47.8 Å². The van der Waals surface area contributed by atoms with Crippen LogP contribution in [0.5, 0.6) is 0 Å². The number of carbonyl (C=O) groups is 1. The molecule has 216 valence electrons. The lowest BCUT2D eigenvalue weighted by atomic mass is 9.95. The highest BCUT2D eigenvalue weighted by Crippen LogP contribution is 2.38. The molecule has 41 heavy (non-hydrogen) atoms. The lowest BCUT2D eigenvalue weighted by Crippen LogP contribution is -2.46. The van der Waals surface area contributed by atoms with Crippen LogP contribution in [0.15, 0.2) is 111 Å². The van der Waals surface area contributed by atoms with Crippen LogP contribution in [0, 0.1) is 26.7 Å². The molecule has 0 spiro atoms. The van der Waals surface area contributed by atoms with Crippen molar-refractivity contribution in [3.8, 4) is 0 Å². The predicted molar refractivity (Wildman–Crippen MR) is 148 cm³/mol. The molecule has 0 saturated carbocycles. The molecule has 1 atom stereocenters. The summed E-state index contributed by atoms with van der Waals surface area (Å²) >= 11 is 0. The molecule has 0 radical (unpaired) electrons. The Morgan fingerprint density at radius 3 is 1.34 bits per heavy atom. The van der Waals surface area contributed by atoms with Gasteiger partial charge in [-0.15, -0.1) is 0 Å². The van der Waals surface area contributed by atoms with E-state index in [1.54, 1.807) is 32.9 Å². The molecule has 0 bridgehead atoms. The van der Waals surface area contributed by atoms with Gasteiger partial charge in [-0.05, 0) is 63.2 Å². The van der Waals surface area contributed by atoms with Crippen molar-refractivity contribution in [1.29, 1.82) is 0 Å². The van der Waals surface area contributed by atoms with Gasteiger partial charge in [0.15, 0.2) is 0 Å². The van der Waals surface area contributed by atoms with Crippen molar-refractivity contribution in [2.45, 2.75) is 41.2 Å². The molecule has 0 heterocycles. The maximum absolute atomic E-state index is 13.4. The molecule has 1 aliphatic carbocycles. The predicted octanol–water partition coefficient (Wildman–Crippen LogP) is 4.09. The van der Waals surface area contributed by atoms with Crippen molar-refractivity contribution in [2.24, 2.45) is 5.92 Å². The first kappa shape index (κ1) is 30.3. The molecule has 0 amide bonds. The van der Waals surface area contributed by atoms with Gasteiger partial charge in [-0.2, -0.15) is 25.3 Å². The van der Waals surface area contributed by atoms with E-state index in [2.05, 4.69) is 0 Å². The van der Waals surface area contributed by atoms with Crippen LogP contribution in [0.3, 0.4) is 0 Å². The third-order valence-electron chi connectivity index (χ3n) is 6.04. The van der Waals surface area contributed by atoms with Gasteiger partial charge in [-0.3, -0.25) is 0 Å². The summed E-state index contributed by atoms with van der Waals surface area (Å²) in [5, 5.41) is 0. The molecule has 1 aliphatic rings. The van der Waals surface area contributed by atoms with E-state index in [1.165, 1.54) is 60.7 Å². The monoisotopic (exact) mass is 618 g/mol. The summed E-state index contributed by atoms with van der Waals surface area (Å²) in [6.07, 6.45) is 3.03. The fourth-order valence-electron chi connectivity index (χ4n) is 3.77. The molecule has 0 N–H and O–H groups in total. The minimum Gasteiger partial charge on any atom is -0.379 e. The largest absolute Gasteiger partial charge is 0.379 e. The molecule has 0 aliphatic heterocycles. The Balaban J connectivity index is 1.84. The second-order valence-electron chi connectivity index (χ2n) is 9.34. The highest BCUT2D eigenvalue weighted by atomic mass is 32.2. The van der Waals surface area contributed by atoms with Crippen molar-refractivity contribution >= 4 is 36.6 Å². The third-order valence-corrected chi connectivity index (χ3v) is 9.96. The molecular formula is C28H26O10S3. The van der Waals surface area contributed by atoms with E-state index in [-0.39, 0.29) is 21.0 Å². The SMILES string of the molecule is Cc1ccc(S(=O)(=O)OC2=CC(OS(=O)(=O)c3ccc(C)cc3)(OS(=O)(=O)c3ccc(C)cc3)C(C=O)C=C2)cc1. The first-order chi connectivity index (χ1) is 19.2. The van der Waals surface area contributed by atoms with Crippen molar-refractivity contribution in [1.82, 2.24) is 0 Å². The first-order valence-electron chi connectivity index (χ1n) is 12.1. The molecule has 3 aromatic rings. The highest BCUT2D eigenvalue weighted by molar-refractivity contribution is 7.87. The molecule has 3 aromatic carbocycles. The summed E-state index contributed by atoms with van der Waals surface area (Å²) in [5.41, 5.74) is 2.26. The Morgan fingerprint density at radius 2 is 0.976 bits per heavy atom. The Morgan fingerprint density at radius 1 is 0.610 bits per heavy atom. The number of aldehydes is 1. The van der Waals surface area contributed by atoms with Gasteiger partial charge in [0.05, 0.1) is 15.7 Å². The fraction of sp³-hybridized carbons (Fsp3) is 0.179. The van der Waals surface area contributed by atoms with Gasteiger partial charge in [0.2, 0.25) is 5.79 Å². The van der Waals surface area contributed by atoms with E-state index in [9.17, 15) is 30.0 Å². The number of benzene rings is 3. The molecule has 10 nitrogen and oxygen atoms in total. The Bertz CT molecular complexity index is 1740. The van der Waals surface area contributed by atoms with Gasteiger partial charge in [-0.1, -0.05) is 59.2 Å². The Hall–Kier alpha value is -3.62. The summed E-state index contributed by atoms with van der Waals surface area (Å²) < 4.78 is 95.4. The lowest BCUT2D eigenvalue weighted by Gasteiger charge is -2.34. The maximum atomic E-state index is 13.4. The number of aryl methyl sites for hydroxylation is 3. The van der Waals surface area contributed by atoms with Crippen LogP contribution in [0.25, 0.3) is 0 Å². The first-order valence-corrected chi connectivity index (χ1v) is 16.3. The van der Waals surface area contributed by atoms with Gasteiger partial charge < -0.3 is 8.98 Å². The van der Waals surface area contributed by atoms with Crippen LogP contribution in [0.2, 0.25) is 0 Å². The zero-order valence-electron chi connectivity index (χ0n) is 22.1. The number of allylic oxidation sites excluding steroid dienone is 1. The third kappa shape index (κ3) is 6.82. The standard InChI is InChI=1S/C28H26O10S3/c1-20-4-12-25(13-5-20)39(30,31)36-24-11-10-23(19-29)28(18-24,37-40(32,33)26-14-6-21(2)7-15-26)38-41(34,35)27-16-8-22(3)9-17-27/h4-19,23H,1-3H3. The summed E-state index contributed by atoms with van der Waals surface area (Å²) in [6.45, 7) is 5.21. The summed E-state index contributed by atoms with van der Waals surface area (Å²) in [5.74, 6) is -5.08. The van der Waals surface area contributed by atoms with E-state index in [0.717, 1.165) is 28.8 Å². The van der Waals surface area contributed by atoms with E-state index in [1.807, 2.05) is 0 Å². The molecule has 0 aromatic heterocycles. The quantitative estimate of drug-likeness (QED) is 0.185. The second kappa shape index (κ2) is 11.3. The Kier molecular flexibility index (Phi) is 8.39. The van der Waals surface area contributed by atoms with Crippen LogP contribution in [-0.4, -0.2) is 37.3 Å². The van der Waals surface area contributed by atoms with Crippen molar-refractivity contribution < 1.29 is 42.6 Å². The zero-order chi connectivity index (χ0) is 30.1. The van der Waals surface area contributed by atoms with Crippen LogP contribution in [0.1, 0.15) is 16.7 Å². The number of carbonyl (C=O) groups excluding carboxylic acids is 1. The minimum atomic E-state index is -4.80. The molecule has 0 fully saturated rings. The smallest absolute Gasteiger partial charge is 0.339 e. The zero-order valence-corrected chi connectivity index (χ0v) is 24.6. The Labute approximate surface area is 239 Å². The number of rotatable bonds is 10. The maximum Gasteiger partial charge on any atom is 0.339 e. The van der Waals surface area contributed by atoms with E-state index in [4.69, 9.17) is 12.5 Å².